The third-order valence-corrected chi connectivity index (χ3v) is 2.61. The molecule has 0 radical (unpaired) electrons. The summed E-state index contributed by atoms with van der Waals surface area (Å²) in [6.07, 6.45) is 1.29. The normalized spacial score (nSPS) is 16.5. The molecule has 0 rings (SSSR count). The third-order valence-electron chi connectivity index (χ3n) is 2.61. The Kier molecular flexibility index (Phi) is 5.51. The second kappa shape index (κ2) is 5.55. The fraction of sp³-hybridized carbons (Fsp3) is 1.00. The Bertz CT molecular complexity index is 112. The summed E-state index contributed by atoms with van der Waals surface area (Å²) in [5, 5.41) is 0. The van der Waals surface area contributed by atoms with E-state index in [4.69, 9.17) is 0 Å². The molecule has 0 bridgehead atoms. The fourth-order valence-electron chi connectivity index (χ4n) is 1.41. The van der Waals surface area contributed by atoms with E-state index in [2.05, 4.69) is 39.9 Å². The van der Waals surface area contributed by atoms with Gasteiger partial charge in [0.15, 0.2) is 0 Å². The van der Waals surface area contributed by atoms with Crippen molar-refractivity contribution in [1.29, 1.82) is 0 Å². The first kappa shape index (κ1) is 11.9. The van der Waals surface area contributed by atoms with Crippen molar-refractivity contribution in [2.75, 3.05) is 47.3 Å². The van der Waals surface area contributed by atoms with Gasteiger partial charge in [-0.3, -0.25) is 0 Å². The Morgan fingerprint density at radius 3 is 2.00 bits per heavy atom. The minimum absolute atomic E-state index is 1.20. The predicted molar refractivity (Wildman–Crippen MR) is 55.3 cm³/mol. The Labute approximate surface area is 77.8 Å². The third kappa shape index (κ3) is 4.73. The Balaban J connectivity index is 3.78. The highest BCUT2D eigenvalue weighted by molar-refractivity contribution is 4.43. The second-order valence-corrected chi connectivity index (χ2v) is 4.19. The fourth-order valence-corrected chi connectivity index (χ4v) is 1.41. The number of nitrogens with zero attached hydrogens (tertiary/aromatic N) is 2. The van der Waals surface area contributed by atoms with Gasteiger partial charge in [0.25, 0.3) is 0 Å². The summed E-state index contributed by atoms with van der Waals surface area (Å²) < 4.78 is 1.22. The second-order valence-electron chi connectivity index (χ2n) is 4.19. The van der Waals surface area contributed by atoms with Gasteiger partial charge in [0.2, 0.25) is 0 Å². The van der Waals surface area contributed by atoms with Crippen molar-refractivity contribution in [3.63, 3.8) is 0 Å². The van der Waals surface area contributed by atoms with Gasteiger partial charge in [-0.25, -0.2) is 0 Å². The maximum absolute atomic E-state index is 2.35. The van der Waals surface area contributed by atoms with E-state index in [9.17, 15) is 0 Å². The van der Waals surface area contributed by atoms with Crippen LogP contribution in [0, 0.1) is 0 Å². The number of quaternary nitrogens is 1. The van der Waals surface area contributed by atoms with Crippen molar-refractivity contribution in [3.05, 3.63) is 0 Å². The molecule has 0 aromatic carbocycles. The van der Waals surface area contributed by atoms with Crippen LogP contribution in [-0.4, -0.2) is 56.7 Å². The molecule has 0 saturated heterocycles. The van der Waals surface area contributed by atoms with Crippen LogP contribution < -0.4 is 0 Å². The van der Waals surface area contributed by atoms with Gasteiger partial charge in [-0.05, 0) is 27.4 Å². The summed E-state index contributed by atoms with van der Waals surface area (Å²) in [7, 11) is 6.64. The van der Waals surface area contributed by atoms with Crippen LogP contribution >= 0.6 is 0 Å². The lowest BCUT2D eigenvalue weighted by Crippen LogP contribution is -2.48. The van der Waals surface area contributed by atoms with Crippen LogP contribution in [0.4, 0.5) is 0 Å². The molecule has 1 atom stereocenters. The molecule has 2 nitrogen and oxygen atoms in total. The number of hydrogen-bond acceptors (Lipinski definition) is 1. The van der Waals surface area contributed by atoms with Crippen LogP contribution in [0.5, 0.6) is 0 Å². The van der Waals surface area contributed by atoms with Gasteiger partial charge < -0.3 is 9.38 Å². The molecule has 12 heavy (non-hydrogen) atoms. The standard InChI is InChI=1S/C10H25N2/c1-6-9-12(5,7-2)10-8-11(3)4/h6-10H2,1-5H3/q+1. The summed E-state index contributed by atoms with van der Waals surface area (Å²) in [6, 6.07) is 0. The first-order valence-electron chi connectivity index (χ1n) is 5.02. The molecule has 1 unspecified atom stereocenters. The summed E-state index contributed by atoms with van der Waals surface area (Å²) in [5.74, 6) is 0. The molecule has 74 valence electrons. The Hall–Kier alpha value is -0.0800. The van der Waals surface area contributed by atoms with Crippen LogP contribution in [0.1, 0.15) is 20.3 Å². The van der Waals surface area contributed by atoms with Gasteiger partial charge in [-0.1, -0.05) is 6.92 Å². The molecule has 2 heteroatoms. The Morgan fingerprint density at radius 2 is 1.67 bits per heavy atom. The lowest BCUT2D eigenvalue weighted by Gasteiger charge is -2.34. The molecule has 0 fully saturated rings. The van der Waals surface area contributed by atoms with E-state index < -0.39 is 0 Å². The Morgan fingerprint density at radius 1 is 1.08 bits per heavy atom. The van der Waals surface area contributed by atoms with E-state index in [1.807, 2.05) is 0 Å². The molecule has 0 spiro atoms. The lowest BCUT2D eigenvalue weighted by molar-refractivity contribution is -0.907. The van der Waals surface area contributed by atoms with Crippen LogP contribution in [0.3, 0.4) is 0 Å². The molecule has 0 aromatic heterocycles. The molecule has 0 amide bonds. The zero-order chi connectivity index (χ0) is 9.61. The molecule has 0 N–H and O–H groups in total. The number of likely N-dealkylation sites (N-methyl/N-ethyl adjacent to an activating group) is 2. The lowest BCUT2D eigenvalue weighted by atomic mass is 10.3. The molecule has 0 aliphatic rings. The van der Waals surface area contributed by atoms with E-state index in [1.165, 1.54) is 37.1 Å². The first-order chi connectivity index (χ1) is 5.54. The van der Waals surface area contributed by atoms with Crippen LogP contribution in [0.2, 0.25) is 0 Å². The summed E-state index contributed by atoms with van der Waals surface area (Å²) in [6.45, 7) is 9.58. The molecule has 0 aromatic rings. The maximum Gasteiger partial charge on any atom is 0.0913 e. The highest BCUT2D eigenvalue weighted by Crippen LogP contribution is 2.02. The maximum atomic E-state index is 2.35. The zero-order valence-corrected chi connectivity index (χ0v) is 9.43. The van der Waals surface area contributed by atoms with Crippen LogP contribution in [0.15, 0.2) is 0 Å². The van der Waals surface area contributed by atoms with Gasteiger partial charge in [-0.15, -0.1) is 0 Å². The van der Waals surface area contributed by atoms with Gasteiger partial charge in [0.1, 0.15) is 0 Å². The highest BCUT2D eigenvalue weighted by atomic mass is 15.3. The van der Waals surface area contributed by atoms with E-state index in [1.54, 1.807) is 0 Å². The molecule has 0 aliphatic carbocycles. The predicted octanol–water partition coefficient (Wildman–Crippen LogP) is 1.42. The smallest absolute Gasteiger partial charge is 0.0913 e. The summed E-state index contributed by atoms with van der Waals surface area (Å²) in [4.78, 5) is 2.27. The average Bonchev–Trinajstić information content (AvgIpc) is 2.02. The molecule has 0 heterocycles. The molecular weight excluding hydrogens is 148 g/mol. The molecule has 0 aliphatic heterocycles. The monoisotopic (exact) mass is 173 g/mol. The molecular formula is C10H25N2+. The van der Waals surface area contributed by atoms with Gasteiger partial charge in [0, 0.05) is 6.54 Å². The van der Waals surface area contributed by atoms with Crippen LogP contribution in [0.25, 0.3) is 0 Å². The largest absolute Gasteiger partial charge is 0.325 e. The van der Waals surface area contributed by atoms with Gasteiger partial charge >= 0.3 is 0 Å². The summed E-state index contributed by atoms with van der Waals surface area (Å²) in [5.41, 5.74) is 0. The van der Waals surface area contributed by atoms with Gasteiger partial charge in [0.05, 0.1) is 26.7 Å². The molecule has 0 saturated carbocycles. The average molecular weight is 173 g/mol. The van der Waals surface area contributed by atoms with E-state index in [-0.39, 0.29) is 0 Å². The SMILES string of the molecule is CCC[N+](C)(CC)CCN(C)C. The van der Waals surface area contributed by atoms with Crippen molar-refractivity contribution < 1.29 is 4.48 Å². The minimum Gasteiger partial charge on any atom is -0.325 e. The topological polar surface area (TPSA) is 3.24 Å². The van der Waals surface area contributed by atoms with Crippen molar-refractivity contribution in [1.82, 2.24) is 4.90 Å². The summed E-state index contributed by atoms with van der Waals surface area (Å²) >= 11 is 0. The van der Waals surface area contributed by atoms with Crippen molar-refractivity contribution in [2.24, 2.45) is 0 Å². The van der Waals surface area contributed by atoms with E-state index >= 15 is 0 Å². The highest BCUT2D eigenvalue weighted by Gasteiger charge is 2.16. The van der Waals surface area contributed by atoms with E-state index in [0.717, 1.165) is 0 Å². The first-order valence-corrected chi connectivity index (χ1v) is 5.02. The van der Waals surface area contributed by atoms with Crippen molar-refractivity contribution in [2.45, 2.75) is 20.3 Å². The van der Waals surface area contributed by atoms with Gasteiger partial charge in [-0.2, -0.15) is 0 Å². The van der Waals surface area contributed by atoms with Crippen molar-refractivity contribution >= 4 is 0 Å². The van der Waals surface area contributed by atoms with Crippen molar-refractivity contribution in [3.8, 4) is 0 Å². The zero-order valence-electron chi connectivity index (χ0n) is 9.43. The van der Waals surface area contributed by atoms with E-state index in [0.29, 0.717) is 0 Å². The quantitative estimate of drug-likeness (QED) is 0.549. The number of hydrogen-bond donors (Lipinski definition) is 0. The number of rotatable bonds is 6. The minimum atomic E-state index is 1.20. The van der Waals surface area contributed by atoms with Crippen LogP contribution in [-0.2, 0) is 0 Å².